The molecule has 0 fully saturated rings. The SMILES string of the molecule is Cc1cc(CNC(C)Cc2ccccc2)c(C)n1C. The van der Waals surface area contributed by atoms with E-state index in [4.69, 9.17) is 0 Å². The summed E-state index contributed by atoms with van der Waals surface area (Å²) in [6, 6.07) is 13.4. The smallest absolute Gasteiger partial charge is 0.0225 e. The summed E-state index contributed by atoms with van der Waals surface area (Å²) in [6.07, 6.45) is 1.08. The second-order valence-electron chi connectivity index (χ2n) is 5.43. The molecule has 2 heteroatoms. The molecular weight excluding hydrogens is 232 g/mol. The number of aromatic nitrogens is 1. The van der Waals surface area contributed by atoms with Crippen molar-refractivity contribution in [3.63, 3.8) is 0 Å². The summed E-state index contributed by atoms with van der Waals surface area (Å²) in [4.78, 5) is 0. The molecule has 19 heavy (non-hydrogen) atoms. The van der Waals surface area contributed by atoms with E-state index < -0.39 is 0 Å². The highest BCUT2D eigenvalue weighted by molar-refractivity contribution is 5.26. The Morgan fingerprint density at radius 1 is 1.16 bits per heavy atom. The van der Waals surface area contributed by atoms with E-state index in [1.165, 1.54) is 22.5 Å². The van der Waals surface area contributed by atoms with Gasteiger partial charge in [0.1, 0.15) is 0 Å². The van der Waals surface area contributed by atoms with Crippen LogP contribution in [-0.2, 0) is 20.0 Å². The lowest BCUT2D eigenvalue weighted by atomic mass is 10.1. The van der Waals surface area contributed by atoms with Gasteiger partial charge in [0.2, 0.25) is 0 Å². The molecule has 102 valence electrons. The van der Waals surface area contributed by atoms with Gasteiger partial charge in [-0.3, -0.25) is 0 Å². The fraction of sp³-hybridized carbons (Fsp3) is 0.412. The molecule has 2 rings (SSSR count). The molecule has 0 saturated heterocycles. The van der Waals surface area contributed by atoms with E-state index in [1.54, 1.807) is 0 Å². The minimum Gasteiger partial charge on any atom is -0.352 e. The van der Waals surface area contributed by atoms with Gasteiger partial charge in [0.15, 0.2) is 0 Å². The highest BCUT2D eigenvalue weighted by Crippen LogP contribution is 2.13. The minimum absolute atomic E-state index is 0.488. The zero-order valence-electron chi connectivity index (χ0n) is 12.4. The van der Waals surface area contributed by atoms with Crippen LogP contribution in [0.3, 0.4) is 0 Å². The fourth-order valence-electron chi connectivity index (χ4n) is 2.44. The van der Waals surface area contributed by atoms with Crippen LogP contribution < -0.4 is 5.32 Å². The first-order valence-electron chi connectivity index (χ1n) is 6.97. The normalized spacial score (nSPS) is 12.6. The average molecular weight is 256 g/mol. The number of nitrogens with one attached hydrogen (secondary N) is 1. The van der Waals surface area contributed by atoms with Gasteiger partial charge in [0.05, 0.1) is 0 Å². The maximum Gasteiger partial charge on any atom is 0.0225 e. The Kier molecular flexibility index (Phi) is 4.43. The molecule has 2 aromatic rings. The highest BCUT2D eigenvalue weighted by Gasteiger charge is 2.08. The van der Waals surface area contributed by atoms with E-state index in [2.05, 4.69) is 74.1 Å². The van der Waals surface area contributed by atoms with Gasteiger partial charge in [-0.1, -0.05) is 30.3 Å². The Hall–Kier alpha value is -1.54. The van der Waals surface area contributed by atoms with E-state index in [9.17, 15) is 0 Å². The molecule has 0 aliphatic carbocycles. The number of aryl methyl sites for hydroxylation is 1. The first-order chi connectivity index (χ1) is 9.08. The molecule has 0 bridgehead atoms. The Bertz CT molecular complexity index is 526. The van der Waals surface area contributed by atoms with Crippen LogP contribution in [0.1, 0.15) is 29.4 Å². The van der Waals surface area contributed by atoms with Crippen molar-refractivity contribution in [1.82, 2.24) is 9.88 Å². The van der Waals surface area contributed by atoms with Crippen LogP contribution in [0.2, 0.25) is 0 Å². The van der Waals surface area contributed by atoms with E-state index in [-0.39, 0.29) is 0 Å². The van der Waals surface area contributed by atoms with Gasteiger partial charge >= 0.3 is 0 Å². The van der Waals surface area contributed by atoms with Crippen LogP contribution in [0.15, 0.2) is 36.4 Å². The first-order valence-corrected chi connectivity index (χ1v) is 6.97. The van der Waals surface area contributed by atoms with Gasteiger partial charge in [-0.05, 0) is 44.4 Å². The second kappa shape index (κ2) is 6.07. The van der Waals surface area contributed by atoms with E-state index in [1.807, 2.05) is 0 Å². The van der Waals surface area contributed by atoms with Crippen molar-refractivity contribution in [2.75, 3.05) is 0 Å². The lowest BCUT2D eigenvalue weighted by molar-refractivity contribution is 0.544. The summed E-state index contributed by atoms with van der Waals surface area (Å²) in [5.74, 6) is 0. The lowest BCUT2D eigenvalue weighted by Gasteiger charge is -2.14. The Morgan fingerprint density at radius 3 is 2.42 bits per heavy atom. The molecular formula is C17H24N2. The van der Waals surface area contributed by atoms with Crippen molar-refractivity contribution in [3.8, 4) is 0 Å². The number of hydrogen-bond donors (Lipinski definition) is 1. The highest BCUT2D eigenvalue weighted by atomic mass is 15.0. The number of benzene rings is 1. The van der Waals surface area contributed by atoms with Crippen molar-refractivity contribution in [2.45, 2.75) is 39.8 Å². The fourth-order valence-corrected chi connectivity index (χ4v) is 2.44. The number of nitrogens with zero attached hydrogens (tertiary/aromatic N) is 1. The van der Waals surface area contributed by atoms with Gasteiger partial charge in [-0.2, -0.15) is 0 Å². The Labute approximate surface area is 116 Å². The largest absolute Gasteiger partial charge is 0.352 e. The minimum atomic E-state index is 0.488. The summed E-state index contributed by atoms with van der Waals surface area (Å²) in [5.41, 5.74) is 5.48. The predicted octanol–water partition coefficient (Wildman–Crippen LogP) is 3.36. The van der Waals surface area contributed by atoms with Crippen LogP contribution in [0.25, 0.3) is 0 Å². The molecule has 0 amide bonds. The quantitative estimate of drug-likeness (QED) is 0.868. The summed E-state index contributed by atoms with van der Waals surface area (Å²) in [7, 11) is 2.13. The summed E-state index contributed by atoms with van der Waals surface area (Å²) in [6.45, 7) is 7.54. The first kappa shape index (κ1) is 13.9. The molecule has 0 aliphatic heterocycles. The number of rotatable bonds is 5. The molecule has 1 aromatic carbocycles. The topological polar surface area (TPSA) is 17.0 Å². The van der Waals surface area contributed by atoms with E-state index in [0.717, 1.165) is 13.0 Å². The molecule has 2 nitrogen and oxygen atoms in total. The standard InChI is InChI=1S/C17H24N2/c1-13(10-16-8-6-5-7-9-16)18-12-17-11-14(2)19(4)15(17)3/h5-9,11,13,18H,10,12H2,1-4H3. The monoisotopic (exact) mass is 256 g/mol. The number of hydrogen-bond acceptors (Lipinski definition) is 1. The molecule has 0 saturated carbocycles. The molecule has 1 N–H and O–H groups in total. The van der Waals surface area contributed by atoms with Crippen LogP contribution >= 0.6 is 0 Å². The molecule has 1 heterocycles. The van der Waals surface area contributed by atoms with Crippen molar-refractivity contribution < 1.29 is 0 Å². The van der Waals surface area contributed by atoms with Gasteiger partial charge in [-0.15, -0.1) is 0 Å². The third-order valence-electron chi connectivity index (χ3n) is 3.91. The van der Waals surface area contributed by atoms with Crippen LogP contribution in [0.4, 0.5) is 0 Å². The molecule has 1 aromatic heterocycles. The second-order valence-corrected chi connectivity index (χ2v) is 5.43. The van der Waals surface area contributed by atoms with Gasteiger partial charge in [0.25, 0.3) is 0 Å². The van der Waals surface area contributed by atoms with Crippen molar-refractivity contribution >= 4 is 0 Å². The van der Waals surface area contributed by atoms with Crippen LogP contribution in [0, 0.1) is 13.8 Å². The van der Waals surface area contributed by atoms with Crippen molar-refractivity contribution in [3.05, 3.63) is 58.9 Å². The molecule has 0 aliphatic rings. The Balaban J connectivity index is 1.90. The third-order valence-corrected chi connectivity index (χ3v) is 3.91. The lowest BCUT2D eigenvalue weighted by Crippen LogP contribution is -2.27. The maximum atomic E-state index is 3.62. The summed E-state index contributed by atoms with van der Waals surface area (Å²) < 4.78 is 2.25. The van der Waals surface area contributed by atoms with E-state index in [0.29, 0.717) is 6.04 Å². The van der Waals surface area contributed by atoms with Crippen molar-refractivity contribution in [2.24, 2.45) is 7.05 Å². The maximum absolute atomic E-state index is 3.62. The average Bonchev–Trinajstić information content (AvgIpc) is 2.65. The van der Waals surface area contributed by atoms with Crippen LogP contribution in [0.5, 0.6) is 0 Å². The summed E-state index contributed by atoms with van der Waals surface area (Å²) >= 11 is 0. The molecule has 1 atom stereocenters. The third kappa shape index (κ3) is 3.48. The molecule has 0 spiro atoms. The zero-order valence-corrected chi connectivity index (χ0v) is 12.4. The summed E-state index contributed by atoms with van der Waals surface area (Å²) in [5, 5.41) is 3.62. The molecule has 0 radical (unpaired) electrons. The van der Waals surface area contributed by atoms with Crippen molar-refractivity contribution in [1.29, 1.82) is 0 Å². The predicted molar refractivity (Wildman–Crippen MR) is 81.3 cm³/mol. The zero-order chi connectivity index (χ0) is 13.8. The van der Waals surface area contributed by atoms with Gasteiger partial charge in [0, 0.05) is 31.0 Å². The van der Waals surface area contributed by atoms with E-state index >= 15 is 0 Å². The van der Waals surface area contributed by atoms with Gasteiger partial charge < -0.3 is 9.88 Å². The van der Waals surface area contributed by atoms with Gasteiger partial charge in [-0.25, -0.2) is 0 Å². The Morgan fingerprint density at radius 2 is 1.84 bits per heavy atom. The molecule has 1 unspecified atom stereocenters. The van der Waals surface area contributed by atoms with Crippen LogP contribution in [-0.4, -0.2) is 10.6 Å².